The highest BCUT2D eigenvalue weighted by molar-refractivity contribution is 6.04. The molecule has 8 nitrogen and oxygen atoms in total. The Hall–Kier alpha value is -1.80. The molecule has 2 saturated heterocycles. The quantitative estimate of drug-likeness (QED) is 0.364. The van der Waals surface area contributed by atoms with E-state index in [0.717, 1.165) is 0 Å². The average molecular weight is 446 g/mol. The Kier molecular flexibility index (Phi) is 3.90. The lowest BCUT2D eigenvalue weighted by Crippen LogP contribution is -2.68. The van der Waals surface area contributed by atoms with Crippen molar-refractivity contribution in [2.24, 2.45) is 34.5 Å². The van der Waals surface area contributed by atoms with Crippen molar-refractivity contribution in [2.45, 2.75) is 82.2 Å². The highest BCUT2D eigenvalue weighted by Gasteiger charge is 2.85. The minimum atomic E-state index is -1.15. The van der Waals surface area contributed by atoms with Gasteiger partial charge in [0.05, 0.1) is 13.2 Å². The number of rotatable bonds is 1. The predicted molar refractivity (Wildman–Crippen MR) is 107 cm³/mol. The summed E-state index contributed by atoms with van der Waals surface area (Å²) in [6.07, 6.45) is 1.98. The first-order chi connectivity index (χ1) is 15.0. The van der Waals surface area contributed by atoms with Gasteiger partial charge in [-0.15, -0.1) is 0 Å². The molecular weight excluding hydrogens is 416 g/mol. The summed E-state index contributed by atoms with van der Waals surface area (Å²) in [7, 11) is 1.29. The van der Waals surface area contributed by atoms with E-state index in [9.17, 15) is 24.3 Å². The van der Waals surface area contributed by atoms with Crippen LogP contribution in [0.3, 0.4) is 0 Å². The van der Waals surface area contributed by atoms with E-state index in [-0.39, 0.29) is 36.4 Å². The smallest absolute Gasteiger partial charge is 0.335 e. The fraction of sp³-hybridized carbons (Fsp3) is 0.833. The molecule has 10 atom stereocenters. The Morgan fingerprint density at radius 3 is 2.53 bits per heavy atom. The maximum absolute atomic E-state index is 13.8. The van der Waals surface area contributed by atoms with Gasteiger partial charge in [-0.2, -0.15) is 0 Å². The highest BCUT2D eigenvalue weighted by atomic mass is 16.6. The number of aliphatic hydroxyl groups excluding tert-OH is 1. The summed E-state index contributed by atoms with van der Waals surface area (Å²) < 4.78 is 17.5. The molecule has 0 aromatic carbocycles. The van der Waals surface area contributed by atoms with Crippen molar-refractivity contribution in [3.63, 3.8) is 0 Å². The lowest BCUT2D eigenvalue weighted by Gasteiger charge is -2.59. The number of fused-ring (bicyclic) bond motifs is 4. The number of ketones is 2. The van der Waals surface area contributed by atoms with E-state index in [1.165, 1.54) is 7.11 Å². The van der Waals surface area contributed by atoms with Crippen molar-refractivity contribution in [3.05, 3.63) is 0 Å². The Balaban J connectivity index is 1.49. The summed E-state index contributed by atoms with van der Waals surface area (Å²) in [6.45, 7) is 4.13. The van der Waals surface area contributed by atoms with Crippen molar-refractivity contribution in [3.8, 4) is 0 Å². The number of aliphatic hydroxyl groups is 1. The first kappa shape index (κ1) is 20.8. The largest absolute Gasteiger partial charge is 0.468 e. The summed E-state index contributed by atoms with van der Waals surface area (Å²) in [6, 6.07) is 0. The van der Waals surface area contributed by atoms with Gasteiger partial charge >= 0.3 is 11.9 Å². The molecule has 6 fully saturated rings. The zero-order valence-corrected chi connectivity index (χ0v) is 18.7. The molecule has 32 heavy (non-hydrogen) atoms. The fourth-order valence-electron chi connectivity index (χ4n) is 8.97. The Bertz CT molecular complexity index is 960. The molecule has 8 heteroatoms. The fourth-order valence-corrected chi connectivity index (χ4v) is 8.97. The van der Waals surface area contributed by atoms with Crippen LogP contribution in [0.25, 0.3) is 0 Å². The highest BCUT2D eigenvalue weighted by Crippen LogP contribution is 2.78. The van der Waals surface area contributed by atoms with Gasteiger partial charge in [-0.05, 0) is 31.6 Å². The molecule has 2 aliphatic heterocycles. The van der Waals surface area contributed by atoms with E-state index in [2.05, 4.69) is 13.8 Å². The first-order valence-corrected chi connectivity index (χ1v) is 11.8. The van der Waals surface area contributed by atoms with Crippen LogP contribution in [0.4, 0.5) is 0 Å². The molecule has 2 heterocycles. The van der Waals surface area contributed by atoms with Crippen LogP contribution in [-0.2, 0) is 33.4 Å². The van der Waals surface area contributed by atoms with E-state index in [1.54, 1.807) is 0 Å². The number of carbonyl (C=O) groups is 4. The Morgan fingerprint density at radius 1 is 1.12 bits per heavy atom. The van der Waals surface area contributed by atoms with E-state index in [1.807, 2.05) is 0 Å². The zero-order valence-electron chi connectivity index (χ0n) is 18.7. The summed E-state index contributed by atoms with van der Waals surface area (Å²) in [5.74, 6) is -3.32. The molecule has 4 saturated carbocycles. The van der Waals surface area contributed by atoms with E-state index >= 15 is 0 Å². The first-order valence-electron chi connectivity index (χ1n) is 11.8. The van der Waals surface area contributed by atoms with Crippen molar-refractivity contribution in [1.82, 2.24) is 0 Å². The zero-order chi connectivity index (χ0) is 22.8. The van der Waals surface area contributed by atoms with Gasteiger partial charge in [-0.1, -0.05) is 13.8 Å². The molecule has 0 aromatic heterocycles. The molecule has 0 bridgehead atoms. The second-order valence-electron chi connectivity index (χ2n) is 11.4. The molecule has 174 valence electrons. The van der Waals surface area contributed by atoms with Crippen molar-refractivity contribution < 1.29 is 38.5 Å². The van der Waals surface area contributed by atoms with Crippen LogP contribution in [-0.4, -0.2) is 59.1 Å². The number of esters is 2. The number of carbonyl (C=O) groups excluding carboxylic acids is 4. The molecule has 6 rings (SSSR count). The SMILES string of the molecule is COC(=O)C1C(=O)C2CC(=O)CC[C@]2(C)[C@@]23O[C@@H]2C[C@@]2(C)C(CC[C@@]24CC(O)C(=O)O4)C13. The number of hydrogen-bond acceptors (Lipinski definition) is 8. The molecular formula is C24H30O8. The molecule has 0 radical (unpaired) electrons. The molecule has 1 N–H and O–H groups in total. The number of methoxy groups -OCH3 is 1. The minimum absolute atomic E-state index is 0.0591. The number of hydrogen-bond donors (Lipinski definition) is 1. The maximum Gasteiger partial charge on any atom is 0.335 e. The van der Waals surface area contributed by atoms with Gasteiger partial charge in [-0.3, -0.25) is 14.4 Å². The topological polar surface area (TPSA) is 120 Å². The van der Waals surface area contributed by atoms with Gasteiger partial charge in [0, 0.05) is 41.9 Å². The van der Waals surface area contributed by atoms with Crippen LogP contribution in [0.5, 0.6) is 0 Å². The van der Waals surface area contributed by atoms with Gasteiger partial charge in [0.2, 0.25) is 0 Å². The average Bonchev–Trinajstić information content (AvgIpc) is 3.31. The van der Waals surface area contributed by atoms with Gasteiger partial charge in [0.25, 0.3) is 0 Å². The Labute approximate surface area is 186 Å². The summed E-state index contributed by atoms with van der Waals surface area (Å²) in [5.41, 5.74) is -2.49. The van der Waals surface area contributed by atoms with Crippen molar-refractivity contribution in [1.29, 1.82) is 0 Å². The van der Waals surface area contributed by atoms with Crippen LogP contribution in [0.15, 0.2) is 0 Å². The van der Waals surface area contributed by atoms with E-state index in [0.29, 0.717) is 32.1 Å². The lowest BCUT2D eigenvalue weighted by molar-refractivity contribution is -0.187. The van der Waals surface area contributed by atoms with Gasteiger partial charge < -0.3 is 19.3 Å². The van der Waals surface area contributed by atoms with Crippen LogP contribution < -0.4 is 0 Å². The second kappa shape index (κ2) is 6.00. The van der Waals surface area contributed by atoms with Gasteiger partial charge in [0.15, 0.2) is 11.9 Å². The van der Waals surface area contributed by atoms with Crippen molar-refractivity contribution >= 4 is 23.5 Å². The molecule has 6 aliphatic rings. The minimum Gasteiger partial charge on any atom is -0.468 e. The van der Waals surface area contributed by atoms with Crippen LogP contribution in [0.1, 0.15) is 58.8 Å². The molecule has 4 aliphatic carbocycles. The third kappa shape index (κ3) is 2.08. The summed E-state index contributed by atoms with van der Waals surface area (Å²) >= 11 is 0. The monoisotopic (exact) mass is 446 g/mol. The van der Waals surface area contributed by atoms with Gasteiger partial charge in [-0.25, -0.2) is 4.79 Å². The van der Waals surface area contributed by atoms with Crippen LogP contribution in [0, 0.1) is 34.5 Å². The van der Waals surface area contributed by atoms with Gasteiger partial charge in [0.1, 0.15) is 22.9 Å². The van der Waals surface area contributed by atoms with E-state index < -0.39 is 57.8 Å². The molecule has 0 amide bonds. The Morgan fingerprint density at radius 2 is 1.88 bits per heavy atom. The van der Waals surface area contributed by atoms with E-state index in [4.69, 9.17) is 14.2 Å². The van der Waals surface area contributed by atoms with Crippen molar-refractivity contribution in [2.75, 3.05) is 7.11 Å². The normalized spacial score (nSPS) is 55.6. The predicted octanol–water partition coefficient (Wildman–Crippen LogP) is 1.35. The number of epoxide rings is 1. The lowest BCUT2D eigenvalue weighted by atomic mass is 9.41. The number of Topliss-reactive ketones (excluding diaryl/α,β-unsaturated/α-hetero) is 2. The molecule has 2 spiro atoms. The third-order valence-electron chi connectivity index (χ3n) is 10.6. The standard InChI is InChI=1S/C24H30O8/c1-21-6-4-11(25)8-13(21)18(27)16(20(29)30-3)17-12-5-7-23(9-14(26)19(28)32-23)22(12,2)10-15-24(17,21)31-15/h12-17,26H,4-10H2,1-3H3/t12?,13?,14?,15-,16?,17?,21+,22+,23-,24-/m1/s1. The maximum atomic E-state index is 13.8. The summed E-state index contributed by atoms with van der Waals surface area (Å²) in [4.78, 5) is 51.4. The van der Waals surface area contributed by atoms with Crippen LogP contribution >= 0.6 is 0 Å². The second-order valence-corrected chi connectivity index (χ2v) is 11.4. The molecule has 5 unspecified atom stereocenters. The third-order valence-corrected chi connectivity index (χ3v) is 10.6. The van der Waals surface area contributed by atoms with Crippen LogP contribution in [0.2, 0.25) is 0 Å². The number of ether oxygens (including phenoxy) is 3. The summed E-state index contributed by atoms with van der Waals surface area (Å²) in [5, 5.41) is 10.2. The molecule has 0 aromatic rings.